The lowest BCUT2D eigenvalue weighted by atomic mass is 10.1. The maximum Gasteiger partial charge on any atom is 0.0113 e. The Balaban J connectivity index is 2.18. The average molecular weight is 213 g/mol. The zero-order valence-corrected chi connectivity index (χ0v) is 10.6. The molecule has 0 aromatic carbocycles. The van der Waals surface area contributed by atoms with Gasteiger partial charge in [0.05, 0.1) is 0 Å². The Hall–Kier alpha value is -0.120. The lowest BCUT2D eigenvalue weighted by Crippen LogP contribution is -2.50. The molecule has 1 unspecified atom stereocenters. The van der Waals surface area contributed by atoms with Gasteiger partial charge in [0.15, 0.2) is 0 Å². The molecule has 0 aromatic heterocycles. The van der Waals surface area contributed by atoms with Gasteiger partial charge in [0.1, 0.15) is 0 Å². The highest BCUT2D eigenvalue weighted by Crippen LogP contribution is 2.08. The van der Waals surface area contributed by atoms with Crippen LogP contribution in [0.4, 0.5) is 0 Å². The SMILES string of the molecule is CCCN1CCN(C(C)CCNC)CC1. The van der Waals surface area contributed by atoms with Crippen LogP contribution in [0.1, 0.15) is 26.7 Å². The number of nitrogens with one attached hydrogen (secondary N) is 1. The number of hydrogen-bond acceptors (Lipinski definition) is 3. The molecule has 0 spiro atoms. The second-order valence-electron chi connectivity index (χ2n) is 4.62. The van der Waals surface area contributed by atoms with E-state index in [9.17, 15) is 0 Å². The fraction of sp³-hybridized carbons (Fsp3) is 1.00. The highest BCUT2D eigenvalue weighted by atomic mass is 15.3. The van der Waals surface area contributed by atoms with Gasteiger partial charge in [-0.1, -0.05) is 6.92 Å². The summed E-state index contributed by atoms with van der Waals surface area (Å²) in [6, 6.07) is 0.737. The van der Waals surface area contributed by atoms with Crippen molar-refractivity contribution >= 4 is 0 Å². The second-order valence-corrected chi connectivity index (χ2v) is 4.62. The van der Waals surface area contributed by atoms with E-state index in [1.54, 1.807) is 0 Å². The molecule has 1 saturated heterocycles. The molecule has 1 heterocycles. The minimum Gasteiger partial charge on any atom is -0.320 e. The number of hydrogen-bond donors (Lipinski definition) is 1. The summed E-state index contributed by atoms with van der Waals surface area (Å²) in [6.45, 7) is 12.1. The van der Waals surface area contributed by atoms with E-state index in [-0.39, 0.29) is 0 Å². The zero-order valence-electron chi connectivity index (χ0n) is 10.6. The van der Waals surface area contributed by atoms with Crippen molar-refractivity contribution in [1.29, 1.82) is 0 Å². The summed E-state index contributed by atoms with van der Waals surface area (Å²) >= 11 is 0. The van der Waals surface area contributed by atoms with E-state index in [1.807, 2.05) is 7.05 Å². The van der Waals surface area contributed by atoms with E-state index in [4.69, 9.17) is 0 Å². The Morgan fingerprint density at radius 1 is 1.20 bits per heavy atom. The molecule has 90 valence electrons. The molecule has 0 radical (unpaired) electrons. The van der Waals surface area contributed by atoms with Gasteiger partial charge in [0.25, 0.3) is 0 Å². The predicted octanol–water partition coefficient (Wildman–Crippen LogP) is 1.01. The highest BCUT2D eigenvalue weighted by molar-refractivity contribution is 4.76. The van der Waals surface area contributed by atoms with Crippen LogP contribution >= 0.6 is 0 Å². The first-order valence-electron chi connectivity index (χ1n) is 6.39. The monoisotopic (exact) mass is 213 g/mol. The maximum atomic E-state index is 3.23. The molecule has 1 aliphatic rings. The average Bonchev–Trinajstić information content (AvgIpc) is 2.27. The highest BCUT2D eigenvalue weighted by Gasteiger charge is 2.19. The van der Waals surface area contributed by atoms with Crippen molar-refractivity contribution in [1.82, 2.24) is 15.1 Å². The van der Waals surface area contributed by atoms with Crippen LogP contribution in [-0.4, -0.2) is 62.2 Å². The van der Waals surface area contributed by atoms with Gasteiger partial charge in [-0.2, -0.15) is 0 Å². The molecule has 15 heavy (non-hydrogen) atoms. The van der Waals surface area contributed by atoms with E-state index in [2.05, 4.69) is 29.0 Å². The van der Waals surface area contributed by atoms with Crippen molar-refractivity contribution < 1.29 is 0 Å². The summed E-state index contributed by atoms with van der Waals surface area (Å²) in [6.07, 6.45) is 2.56. The summed E-state index contributed by atoms with van der Waals surface area (Å²) in [5, 5.41) is 3.23. The van der Waals surface area contributed by atoms with Gasteiger partial charge in [-0.3, -0.25) is 4.90 Å². The summed E-state index contributed by atoms with van der Waals surface area (Å²) in [5.74, 6) is 0. The molecule has 1 fully saturated rings. The number of piperazine rings is 1. The Morgan fingerprint density at radius 3 is 2.40 bits per heavy atom. The van der Waals surface area contributed by atoms with Crippen LogP contribution in [0.5, 0.6) is 0 Å². The van der Waals surface area contributed by atoms with Crippen LogP contribution in [0.2, 0.25) is 0 Å². The molecule has 1 rings (SSSR count). The van der Waals surface area contributed by atoms with Crippen molar-refractivity contribution in [2.45, 2.75) is 32.7 Å². The Morgan fingerprint density at radius 2 is 1.87 bits per heavy atom. The van der Waals surface area contributed by atoms with Crippen molar-refractivity contribution in [3.63, 3.8) is 0 Å². The third-order valence-electron chi connectivity index (χ3n) is 3.38. The quantitative estimate of drug-likeness (QED) is 0.710. The van der Waals surface area contributed by atoms with Crippen LogP contribution in [0.25, 0.3) is 0 Å². The first kappa shape index (κ1) is 12.9. The van der Waals surface area contributed by atoms with E-state index in [0.29, 0.717) is 0 Å². The van der Waals surface area contributed by atoms with E-state index >= 15 is 0 Å². The van der Waals surface area contributed by atoms with Crippen LogP contribution < -0.4 is 5.32 Å². The Bertz CT molecular complexity index is 153. The van der Waals surface area contributed by atoms with Gasteiger partial charge in [0, 0.05) is 32.2 Å². The van der Waals surface area contributed by atoms with Crippen LogP contribution in [0.15, 0.2) is 0 Å². The van der Waals surface area contributed by atoms with Crippen molar-refractivity contribution in [2.75, 3.05) is 46.3 Å². The Labute approximate surface area is 94.8 Å². The number of rotatable bonds is 6. The molecule has 0 aliphatic carbocycles. The molecule has 1 N–H and O–H groups in total. The van der Waals surface area contributed by atoms with Gasteiger partial charge >= 0.3 is 0 Å². The molecule has 0 amide bonds. The standard InChI is InChI=1S/C12H27N3/c1-4-7-14-8-10-15(11-9-14)12(2)5-6-13-3/h12-13H,4-11H2,1-3H3. The van der Waals surface area contributed by atoms with Crippen molar-refractivity contribution in [3.8, 4) is 0 Å². The largest absolute Gasteiger partial charge is 0.320 e. The summed E-state index contributed by atoms with van der Waals surface area (Å²) in [4.78, 5) is 5.21. The van der Waals surface area contributed by atoms with Gasteiger partial charge in [-0.15, -0.1) is 0 Å². The zero-order chi connectivity index (χ0) is 11.1. The minimum atomic E-state index is 0.737. The van der Waals surface area contributed by atoms with Crippen molar-refractivity contribution in [3.05, 3.63) is 0 Å². The fourth-order valence-corrected chi connectivity index (χ4v) is 2.28. The van der Waals surface area contributed by atoms with E-state index < -0.39 is 0 Å². The number of nitrogens with zero attached hydrogens (tertiary/aromatic N) is 2. The molecule has 0 bridgehead atoms. The lowest BCUT2D eigenvalue weighted by Gasteiger charge is -2.38. The molecule has 3 nitrogen and oxygen atoms in total. The van der Waals surface area contributed by atoms with Crippen LogP contribution in [0, 0.1) is 0 Å². The molecule has 0 aromatic rings. The smallest absolute Gasteiger partial charge is 0.0113 e. The summed E-state index contributed by atoms with van der Waals surface area (Å²) in [7, 11) is 2.03. The maximum absolute atomic E-state index is 3.23. The summed E-state index contributed by atoms with van der Waals surface area (Å²) in [5.41, 5.74) is 0. The topological polar surface area (TPSA) is 18.5 Å². The molecule has 1 aliphatic heterocycles. The molecule has 3 heteroatoms. The first-order chi connectivity index (χ1) is 7.27. The summed E-state index contributed by atoms with van der Waals surface area (Å²) < 4.78 is 0. The lowest BCUT2D eigenvalue weighted by molar-refractivity contribution is 0.0991. The minimum absolute atomic E-state index is 0.737. The van der Waals surface area contributed by atoms with Gasteiger partial charge in [0.2, 0.25) is 0 Å². The first-order valence-corrected chi connectivity index (χ1v) is 6.39. The van der Waals surface area contributed by atoms with Gasteiger partial charge in [-0.05, 0) is 39.9 Å². The van der Waals surface area contributed by atoms with Gasteiger partial charge in [-0.25, -0.2) is 0 Å². The third-order valence-corrected chi connectivity index (χ3v) is 3.38. The molecule has 1 atom stereocenters. The molecular weight excluding hydrogens is 186 g/mol. The molecular formula is C12H27N3. The van der Waals surface area contributed by atoms with Crippen molar-refractivity contribution in [2.24, 2.45) is 0 Å². The Kier molecular flexibility index (Phi) is 6.22. The molecule has 0 saturated carbocycles. The normalized spacial score (nSPS) is 21.8. The van der Waals surface area contributed by atoms with Crippen LogP contribution in [-0.2, 0) is 0 Å². The fourth-order valence-electron chi connectivity index (χ4n) is 2.28. The predicted molar refractivity (Wildman–Crippen MR) is 66.3 cm³/mol. The third kappa shape index (κ3) is 4.49. The van der Waals surface area contributed by atoms with Gasteiger partial charge < -0.3 is 10.2 Å². The van der Waals surface area contributed by atoms with Crippen LogP contribution in [0.3, 0.4) is 0 Å². The second kappa shape index (κ2) is 7.20. The van der Waals surface area contributed by atoms with E-state index in [0.717, 1.165) is 12.6 Å². The van der Waals surface area contributed by atoms with E-state index in [1.165, 1.54) is 45.6 Å².